The van der Waals surface area contributed by atoms with Crippen molar-refractivity contribution in [1.82, 2.24) is 0 Å². The molecule has 68 valence electrons. The molecule has 0 N–H and O–H groups in total. The predicted molar refractivity (Wildman–Crippen MR) is 51.1 cm³/mol. The fourth-order valence-electron chi connectivity index (χ4n) is 1.54. The summed E-state index contributed by atoms with van der Waals surface area (Å²) in [5.41, 5.74) is 0. The average molecular weight is 185 g/mol. The summed E-state index contributed by atoms with van der Waals surface area (Å²) in [6.45, 7) is 2.03. The van der Waals surface area contributed by atoms with Gasteiger partial charge in [-0.3, -0.25) is 0 Å². The van der Waals surface area contributed by atoms with Crippen LogP contribution in [0.15, 0.2) is 0 Å². The van der Waals surface area contributed by atoms with Gasteiger partial charge in [0.25, 0.3) is 0 Å². The molecule has 0 bridgehead atoms. The van der Waals surface area contributed by atoms with E-state index in [0.29, 0.717) is 0 Å². The highest BCUT2D eigenvalue weighted by atomic mass is 32.2. The Kier molecular flexibility index (Phi) is 3.42. The minimum absolute atomic E-state index is 0.143. The lowest BCUT2D eigenvalue weighted by Crippen LogP contribution is -2.25. The molecule has 0 aromatic carbocycles. The summed E-state index contributed by atoms with van der Waals surface area (Å²) < 4.78 is 5.03. The Morgan fingerprint density at radius 2 is 2.50 bits per heavy atom. The maximum Gasteiger partial charge on any atom is 0.105 e. The second-order valence-electron chi connectivity index (χ2n) is 3.31. The van der Waals surface area contributed by atoms with Gasteiger partial charge in [-0.1, -0.05) is 0 Å². The summed E-state index contributed by atoms with van der Waals surface area (Å²) in [5, 5.41) is 9.03. The van der Waals surface area contributed by atoms with Crippen LogP contribution in [0.5, 0.6) is 0 Å². The Morgan fingerprint density at radius 3 is 2.92 bits per heavy atom. The van der Waals surface area contributed by atoms with Crippen molar-refractivity contribution in [3.63, 3.8) is 0 Å². The lowest BCUT2D eigenvalue weighted by Gasteiger charge is -2.22. The Balaban J connectivity index is 2.51. The van der Waals surface area contributed by atoms with Crippen molar-refractivity contribution in [1.29, 1.82) is 5.26 Å². The van der Waals surface area contributed by atoms with Gasteiger partial charge in [-0.25, -0.2) is 0 Å². The number of nitriles is 1. The van der Waals surface area contributed by atoms with Gasteiger partial charge in [-0.05, 0) is 25.5 Å². The van der Waals surface area contributed by atoms with Crippen LogP contribution in [0.4, 0.5) is 0 Å². The van der Waals surface area contributed by atoms with Crippen molar-refractivity contribution in [3.05, 3.63) is 0 Å². The topological polar surface area (TPSA) is 33.0 Å². The Hall–Kier alpha value is -0.200. The van der Waals surface area contributed by atoms with Gasteiger partial charge in [0.2, 0.25) is 0 Å². The van der Waals surface area contributed by atoms with Crippen LogP contribution < -0.4 is 0 Å². The molecule has 0 spiro atoms. The highest BCUT2D eigenvalue weighted by Crippen LogP contribution is 2.41. The molecule has 0 aromatic rings. The molecule has 2 atom stereocenters. The molecule has 0 saturated carbocycles. The molecule has 1 heterocycles. The molecule has 2 unspecified atom stereocenters. The van der Waals surface area contributed by atoms with Crippen LogP contribution >= 0.6 is 11.8 Å². The van der Waals surface area contributed by atoms with Crippen LogP contribution in [0.2, 0.25) is 0 Å². The zero-order valence-corrected chi connectivity index (χ0v) is 8.49. The number of hydrogen-bond acceptors (Lipinski definition) is 3. The lowest BCUT2D eigenvalue weighted by molar-refractivity contribution is 0.105. The maximum absolute atomic E-state index is 9.03. The van der Waals surface area contributed by atoms with Crippen molar-refractivity contribution in [2.24, 2.45) is 0 Å². The Labute approximate surface area is 78.3 Å². The molecular formula is C9H15NOS. The number of nitrogens with zero attached hydrogens (tertiary/aromatic N) is 1. The normalized spacial score (nSPS) is 31.4. The first-order valence-corrected chi connectivity index (χ1v) is 5.29. The number of rotatable bonds is 3. The summed E-state index contributed by atoms with van der Waals surface area (Å²) in [4.78, 5) is 0. The second-order valence-corrected chi connectivity index (χ2v) is 4.79. The SMILES string of the molecule is COC(C)CC1(C#N)CCCS1. The zero-order chi connectivity index (χ0) is 9.03. The molecule has 0 aromatic heterocycles. The molecule has 1 saturated heterocycles. The van der Waals surface area contributed by atoms with Crippen molar-refractivity contribution in [2.45, 2.75) is 37.0 Å². The fraction of sp³-hybridized carbons (Fsp3) is 0.889. The quantitative estimate of drug-likeness (QED) is 0.675. The summed E-state index contributed by atoms with van der Waals surface area (Å²) in [7, 11) is 1.70. The van der Waals surface area contributed by atoms with E-state index in [1.807, 2.05) is 6.92 Å². The molecule has 1 aliphatic heterocycles. The number of hydrogen-bond donors (Lipinski definition) is 0. The third-order valence-corrected chi connectivity index (χ3v) is 3.83. The van der Waals surface area contributed by atoms with E-state index in [4.69, 9.17) is 10.00 Å². The Morgan fingerprint density at radius 1 is 1.75 bits per heavy atom. The maximum atomic E-state index is 9.03. The minimum Gasteiger partial charge on any atom is -0.382 e. The van der Waals surface area contributed by atoms with Gasteiger partial charge in [-0.15, -0.1) is 11.8 Å². The molecule has 1 aliphatic rings. The number of thioether (sulfide) groups is 1. The van der Waals surface area contributed by atoms with E-state index in [0.717, 1.165) is 18.6 Å². The van der Waals surface area contributed by atoms with Crippen LogP contribution in [0.3, 0.4) is 0 Å². The van der Waals surface area contributed by atoms with E-state index in [9.17, 15) is 0 Å². The third-order valence-electron chi connectivity index (χ3n) is 2.33. The van der Waals surface area contributed by atoms with Crippen molar-refractivity contribution >= 4 is 11.8 Å². The smallest absolute Gasteiger partial charge is 0.105 e. The van der Waals surface area contributed by atoms with E-state index in [2.05, 4.69) is 6.07 Å². The lowest BCUT2D eigenvalue weighted by atomic mass is 9.98. The largest absolute Gasteiger partial charge is 0.382 e. The number of methoxy groups -OCH3 is 1. The number of ether oxygens (including phenoxy) is 1. The van der Waals surface area contributed by atoms with Crippen LogP contribution in [-0.4, -0.2) is 23.7 Å². The highest BCUT2D eigenvalue weighted by Gasteiger charge is 2.36. The third kappa shape index (κ3) is 2.15. The van der Waals surface area contributed by atoms with Gasteiger partial charge in [0, 0.05) is 13.5 Å². The van der Waals surface area contributed by atoms with Gasteiger partial charge >= 0.3 is 0 Å². The fourth-order valence-corrected chi connectivity index (χ4v) is 2.93. The monoisotopic (exact) mass is 185 g/mol. The molecule has 0 radical (unpaired) electrons. The molecule has 0 aliphatic carbocycles. The summed E-state index contributed by atoms with van der Waals surface area (Å²) in [6.07, 6.45) is 3.27. The first-order valence-electron chi connectivity index (χ1n) is 4.30. The van der Waals surface area contributed by atoms with Gasteiger partial charge < -0.3 is 4.74 Å². The predicted octanol–water partition coefficient (Wildman–Crippen LogP) is 2.20. The Bertz CT molecular complexity index is 181. The molecule has 0 amide bonds. The standard InChI is InChI=1S/C9H15NOS/c1-8(11-2)6-9(7-10)4-3-5-12-9/h8H,3-6H2,1-2H3. The zero-order valence-electron chi connectivity index (χ0n) is 7.67. The molecule has 3 heteroatoms. The van der Waals surface area contributed by atoms with Crippen molar-refractivity contribution in [2.75, 3.05) is 12.9 Å². The molecule has 2 nitrogen and oxygen atoms in total. The summed E-state index contributed by atoms with van der Waals surface area (Å²) in [5.74, 6) is 1.13. The van der Waals surface area contributed by atoms with Crippen LogP contribution in [0, 0.1) is 11.3 Å². The molecule has 1 fully saturated rings. The van der Waals surface area contributed by atoms with Crippen molar-refractivity contribution < 1.29 is 4.74 Å². The first-order chi connectivity index (χ1) is 5.72. The molecule has 1 rings (SSSR count). The van der Waals surface area contributed by atoms with Gasteiger partial charge in [0.15, 0.2) is 0 Å². The van der Waals surface area contributed by atoms with Gasteiger partial charge in [0.05, 0.1) is 12.2 Å². The van der Waals surface area contributed by atoms with Crippen LogP contribution in [0.25, 0.3) is 0 Å². The van der Waals surface area contributed by atoms with E-state index >= 15 is 0 Å². The summed E-state index contributed by atoms with van der Waals surface area (Å²) >= 11 is 1.79. The van der Waals surface area contributed by atoms with Crippen LogP contribution in [0.1, 0.15) is 26.2 Å². The molecular weight excluding hydrogens is 170 g/mol. The van der Waals surface area contributed by atoms with Crippen molar-refractivity contribution in [3.8, 4) is 6.07 Å². The van der Waals surface area contributed by atoms with Crippen LogP contribution in [-0.2, 0) is 4.74 Å². The van der Waals surface area contributed by atoms with E-state index in [1.54, 1.807) is 18.9 Å². The molecule has 12 heavy (non-hydrogen) atoms. The van der Waals surface area contributed by atoms with E-state index < -0.39 is 0 Å². The summed E-state index contributed by atoms with van der Waals surface area (Å²) in [6, 6.07) is 2.43. The average Bonchev–Trinajstić information content (AvgIpc) is 2.54. The first kappa shape index (κ1) is 9.88. The highest BCUT2D eigenvalue weighted by molar-refractivity contribution is 8.01. The second kappa shape index (κ2) is 4.15. The van der Waals surface area contributed by atoms with E-state index in [-0.39, 0.29) is 10.9 Å². The van der Waals surface area contributed by atoms with Gasteiger partial charge in [-0.2, -0.15) is 5.26 Å². The van der Waals surface area contributed by atoms with Gasteiger partial charge in [0.1, 0.15) is 4.75 Å². The minimum atomic E-state index is -0.143. The van der Waals surface area contributed by atoms with E-state index in [1.165, 1.54) is 6.42 Å².